The molecule has 5 nitrogen and oxygen atoms in total. The normalized spacial score (nSPS) is 10.4. The van der Waals surface area contributed by atoms with Crippen molar-refractivity contribution < 1.29 is 25.3 Å². The zero-order valence-electron chi connectivity index (χ0n) is 9.23. The Bertz CT molecular complexity index is 110. The van der Waals surface area contributed by atoms with E-state index in [1.54, 1.807) is 27.7 Å². The molecule has 14 heavy (non-hydrogen) atoms. The standard InChI is InChI=1S/C6H14O2.C2H4.BH3O3/c1-5(2,7)6(3,4)8;1-2;2-1(3)4/h7-8H,1-4H3;1-2H2;2-4H. The number of rotatable bonds is 1. The molecule has 0 rings (SSSR count). The largest absolute Gasteiger partial charge is 0.631 e. The number of hydrogen-bond donors (Lipinski definition) is 5. The van der Waals surface area contributed by atoms with E-state index in [0.29, 0.717) is 0 Å². The average Bonchev–Trinajstić information content (AvgIpc) is 1.85. The van der Waals surface area contributed by atoms with Gasteiger partial charge in [-0.3, -0.25) is 0 Å². The lowest BCUT2D eigenvalue weighted by molar-refractivity contribution is -0.107. The molecule has 0 spiro atoms. The minimum atomic E-state index is -2.17. The minimum absolute atomic E-state index is 1.01. The monoisotopic (exact) mass is 208 g/mol. The molecule has 6 heteroatoms. The second kappa shape index (κ2) is 7.96. The molecule has 0 aromatic heterocycles. The van der Waals surface area contributed by atoms with Gasteiger partial charge in [-0.2, -0.15) is 0 Å². The van der Waals surface area contributed by atoms with Crippen molar-refractivity contribution in [3.05, 3.63) is 13.2 Å². The Labute approximate surface area is 85.5 Å². The van der Waals surface area contributed by atoms with E-state index in [2.05, 4.69) is 13.2 Å². The molecule has 0 aromatic rings. The predicted molar refractivity (Wildman–Crippen MR) is 56.3 cm³/mol. The summed E-state index contributed by atoms with van der Waals surface area (Å²) in [4.78, 5) is 0. The van der Waals surface area contributed by atoms with Gasteiger partial charge in [0.05, 0.1) is 11.2 Å². The Morgan fingerprint density at radius 3 is 0.857 bits per heavy atom. The molecule has 0 radical (unpaired) electrons. The molecule has 0 aliphatic carbocycles. The molecule has 0 saturated heterocycles. The van der Waals surface area contributed by atoms with Crippen LogP contribution in [0.25, 0.3) is 0 Å². The van der Waals surface area contributed by atoms with Gasteiger partial charge in [0.15, 0.2) is 0 Å². The third-order valence-corrected chi connectivity index (χ3v) is 1.50. The summed E-state index contributed by atoms with van der Waals surface area (Å²) >= 11 is 0. The predicted octanol–water partition coefficient (Wildman–Crippen LogP) is -0.721. The van der Waals surface area contributed by atoms with Crippen molar-refractivity contribution in [1.29, 1.82) is 0 Å². The average molecular weight is 208 g/mol. The van der Waals surface area contributed by atoms with Crippen LogP contribution in [0.1, 0.15) is 27.7 Å². The Kier molecular flexibility index (Phi) is 10.9. The van der Waals surface area contributed by atoms with E-state index in [4.69, 9.17) is 25.3 Å². The molecule has 0 saturated carbocycles. The van der Waals surface area contributed by atoms with E-state index in [1.807, 2.05) is 0 Å². The topological polar surface area (TPSA) is 101 Å². The zero-order valence-corrected chi connectivity index (χ0v) is 9.23. The summed E-state index contributed by atoms with van der Waals surface area (Å²) in [6.07, 6.45) is 0. The minimum Gasteiger partial charge on any atom is -0.402 e. The first-order valence-electron chi connectivity index (χ1n) is 3.97. The van der Waals surface area contributed by atoms with Crippen LogP contribution in [0.2, 0.25) is 0 Å². The quantitative estimate of drug-likeness (QED) is 0.289. The molecule has 5 N–H and O–H groups in total. The smallest absolute Gasteiger partial charge is 0.402 e. The first-order chi connectivity index (χ1) is 5.98. The summed E-state index contributed by atoms with van der Waals surface area (Å²) in [6.45, 7) is 12.3. The van der Waals surface area contributed by atoms with Crippen LogP contribution in [0.15, 0.2) is 13.2 Å². The summed E-state index contributed by atoms with van der Waals surface area (Å²) in [7, 11) is -2.17. The molecule has 0 heterocycles. The van der Waals surface area contributed by atoms with Gasteiger partial charge >= 0.3 is 7.32 Å². The Morgan fingerprint density at radius 2 is 0.857 bits per heavy atom. The molecule has 0 aromatic carbocycles. The van der Waals surface area contributed by atoms with Crippen molar-refractivity contribution in [3.8, 4) is 0 Å². The van der Waals surface area contributed by atoms with Crippen LogP contribution < -0.4 is 0 Å². The second-order valence-electron chi connectivity index (χ2n) is 3.46. The summed E-state index contributed by atoms with van der Waals surface area (Å²) in [6, 6.07) is 0. The third-order valence-electron chi connectivity index (χ3n) is 1.50. The van der Waals surface area contributed by atoms with Crippen LogP contribution >= 0.6 is 0 Å². The first-order valence-corrected chi connectivity index (χ1v) is 3.97. The SMILES string of the molecule is C=C.CC(C)(O)C(C)(C)O.OB(O)O. The maximum absolute atomic E-state index is 9.10. The molecule has 0 unspecified atom stereocenters. The van der Waals surface area contributed by atoms with Gasteiger partial charge in [-0.25, -0.2) is 0 Å². The first kappa shape index (κ1) is 19.2. The third kappa shape index (κ3) is 17.6. The van der Waals surface area contributed by atoms with Crippen molar-refractivity contribution in [2.24, 2.45) is 0 Å². The number of aliphatic hydroxyl groups is 2. The Hall–Kier alpha value is -0.395. The lowest BCUT2D eigenvalue weighted by Crippen LogP contribution is -2.44. The van der Waals surface area contributed by atoms with E-state index in [0.717, 1.165) is 0 Å². The fraction of sp³-hybridized carbons (Fsp3) is 0.750. The molecule has 0 aliphatic rings. The highest BCUT2D eigenvalue weighted by atomic mass is 16.5. The summed E-state index contributed by atoms with van der Waals surface area (Å²) in [5, 5.41) is 39.7. The van der Waals surface area contributed by atoms with Crippen molar-refractivity contribution in [3.63, 3.8) is 0 Å². The Morgan fingerprint density at radius 1 is 0.786 bits per heavy atom. The number of hydrogen-bond acceptors (Lipinski definition) is 5. The maximum Gasteiger partial charge on any atom is 0.631 e. The fourth-order valence-corrected chi connectivity index (χ4v) is 0. The molecule has 0 fully saturated rings. The van der Waals surface area contributed by atoms with Crippen LogP contribution in [0, 0.1) is 0 Å². The van der Waals surface area contributed by atoms with Crippen LogP contribution in [0.3, 0.4) is 0 Å². The van der Waals surface area contributed by atoms with Crippen LogP contribution in [-0.2, 0) is 0 Å². The molecule has 0 bridgehead atoms. The Balaban J connectivity index is -0.000000170. The second-order valence-corrected chi connectivity index (χ2v) is 3.46. The van der Waals surface area contributed by atoms with Gasteiger partial charge < -0.3 is 25.3 Å². The lowest BCUT2D eigenvalue weighted by atomic mass is 9.90. The van der Waals surface area contributed by atoms with E-state index < -0.39 is 18.5 Å². The maximum atomic E-state index is 9.10. The van der Waals surface area contributed by atoms with Gasteiger partial charge in [0.25, 0.3) is 0 Å². The molecule has 0 atom stereocenters. The van der Waals surface area contributed by atoms with Gasteiger partial charge in [-0.05, 0) is 27.7 Å². The van der Waals surface area contributed by atoms with Crippen LogP contribution in [0.5, 0.6) is 0 Å². The zero-order chi connectivity index (χ0) is 12.6. The molecular weight excluding hydrogens is 187 g/mol. The highest BCUT2D eigenvalue weighted by Crippen LogP contribution is 2.19. The van der Waals surface area contributed by atoms with Crippen LogP contribution in [-0.4, -0.2) is 43.8 Å². The van der Waals surface area contributed by atoms with E-state index in [1.165, 1.54) is 0 Å². The summed E-state index contributed by atoms with van der Waals surface area (Å²) < 4.78 is 0. The van der Waals surface area contributed by atoms with Crippen molar-refractivity contribution >= 4 is 7.32 Å². The molecular formula is C8H21BO5. The molecule has 0 amide bonds. The van der Waals surface area contributed by atoms with Crippen LogP contribution in [0.4, 0.5) is 0 Å². The van der Waals surface area contributed by atoms with Gasteiger partial charge in [0.1, 0.15) is 0 Å². The van der Waals surface area contributed by atoms with Gasteiger partial charge in [0.2, 0.25) is 0 Å². The van der Waals surface area contributed by atoms with Crippen molar-refractivity contribution in [2.45, 2.75) is 38.9 Å². The highest BCUT2D eigenvalue weighted by Gasteiger charge is 2.31. The molecule has 0 aliphatic heterocycles. The van der Waals surface area contributed by atoms with Gasteiger partial charge in [-0.15, -0.1) is 13.2 Å². The summed E-state index contributed by atoms with van der Waals surface area (Å²) in [5.41, 5.74) is -2.01. The highest BCUT2D eigenvalue weighted by molar-refractivity contribution is 6.30. The van der Waals surface area contributed by atoms with E-state index >= 15 is 0 Å². The van der Waals surface area contributed by atoms with Crippen molar-refractivity contribution in [1.82, 2.24) is 0 Å². The van der Waals surface area contributed by atoms with Crippen molar-refractivity contribution in [2.75, 3.05) is 0 Å². The molecule has 86 valence electrons. The summed E-state index contributed by atoms with van der Waals surface area (Å²) in [5.74, 6) is 0. The van der Waals surface area contributed by atoms with E-state index in [-0.39, 0.29) is 0 Å². The van der Waals surface area contributed by atoms with Gasteiger partial charge in [-0.1, -0.05) is 0 Å². The van der Waals surface area contributed by atoms with E-state index in [9.17, 15) is 0 Å². The lowest BCUT2D eigenvalue weighted by Gasteiger charge is -2.31. The fourth-order valence-electron chi connectivity index (χ4n) is 0. The van der Waals surface area contributed by atoms with Gasteiger partial charge in [0, 0.05) is 0 Å².